The molecule has 3 aromatic rings. The van der Waals surface area contributed by atoms with Crippen LogP contribution in [0.2, 0.25) is 0 Å². The topological polar surface area (TPSA) is 34.1 Å². The molecule has 1 N–H and O–H groups in total. The third kappa shape index (κ3) is 2.92. The van der Waals surface area contributed by atoms with Crippen LogP contribution in [0, 0.1) is 0 Å². The number of rotatable bonds is 4. The lowest BCUT2D eigenvalue weighted by atomic mass is 10.1. The normalized spacial score (nSPS) is 17.7. The van der Waals surface area contributed by atoms with Crippen molar-refractivity contribution in [3.63, 3.8) is 0 Å². The first-order chi connectivity index (χ1) is 11.3. The van der Waals surface area contributed by atoms with E-state index >= 15 is 0 Å². The molecule has 0 radical (unpaired) electrons. The molecule has 1 aromatic heterocycles. The Morgan fingerprint density at radius 2 is 1.91 bits per heavy atom. The van der Waals surface area contributed by atoms with Gasteiger partial charge in [-0.3, -0.25) is 4.98 Å². The van der Waals surface area contributed by atoms with Crippen molar-refractivity contribution in [1.29, 1.82) is 0 Å². The lowest BCUT2D eigenvalue weighted by Crippen LogP contribution is -2.32. The van der Waals surface area contributed by atoms with Crippen molar-refractivity contribution < 1.29 is 4.74 Å². The molecule has 2 atom stereocenters. The van der Waals surface area contributed by atoms with Crippen LogP contribution in [0.3, 0.4) is 0 Å². The zero-order valence-corrected chi connectivity index (χ0v) is 13.2. The molecular formula is C20H20N2O. The van der Waals surface area contributed by atoms with E-state index < -0.39 is 0 Å². The molecule has 0 bridgehead atoms. The van der Waals surface area contributed by atoms with Gasteiger partial charge in [0.05, 0.1) is 11.2 Å². The van der Waals surface area contributed by atoms with Crippen LogP contribution in [0.15, 0.2) is 60.7 Å². The second-order valence-electron chi connectivity index (χ2n) is 6.11. The molecule has 3 nitrogen and oxygen atoms in total. The third-order valence-corrected chi connectivity index (χ3v) is 4.43. The van der Waals surface area contributed by atoms with E-state index in [2.05, 4.69) is 48.6 Å². The molecule has 0 fully saturated rings. The van der Waals surface area contributed by atoms with Gasteiger partial charge < -0.3 is 10.1 Å². The van der Waals surface area contributed by atoms with E-state index in [4.69, 9.17) is 9.72 Å². The van der Waals surface area contributed by atoms with E-state index in [-0.39, 0.29) is 12.1 Å². The fourth-order valence-corrected chi connectivity index (χ4v) is 3.10. The van der Waals surface area contributed by atoms with Crippen molar-refractivity contribution in [2.75, 3.05) is 6.54 Å². The van der Waals surface area contributed by atoms with Gasteiger partial charge in [-0.15, -0.1) is 0 Å². The highest BCUT2D eigenvalue weighted by Gasteiger charge is 2.22. The molecule has 3 heteroatoms. The van der Waals surface area contributed by atoms with Crippen molar-refractivity contribution >= 4 is 10.9 Å². The smallest absolute Gasteiger partial charge is 0.123 e. The van der Waals surface area contributed by atoms with E-state index in [1.807, 2.05) is 24.3 Å². The number of nitrogens with zero attached hydrogens (tertiary/aromatic N) is 1. The Balaban J connectivity index is 1.41. The zero-order chi connectivity index (χ0) is 15.6. The summed E-state index contributed by atoms with van der Waals surface area (Å²) in [6.07, 6.45) is 1.18. The van der Waals surface area contributed by atoms with E-state index in [0.717, 1.165) is 29.9 Å². The zero-order valence-electron chi connectivity index (χ0n) is 13.2. The first kappa shape index (κ1) is 14.2. The Labute approximate surface area is 136 Å². The highest BCUT2D eigenvalue weighted by molar-refractivity contribution is 5.78. The molecule has 1 aliphatic heterocycles. The van der Waals surface area contributed by atoms with Gasteiger partial charge in [-0.2, -0.15) is 0 Å². The van der Waals surface area contributed by atoms with Crippen LogP contribution in [0.1, 0.15) is 24.2 Å². The Bertz CT molecular complexity index is 805. The fraction of sp³-hybridized carbons (Fsp3) is 0.250. The summed E-state index contributed by atoms with van der Waals surface area (Å²) in [5.74, 6) is 1.02. The predicted molar refractivity (Wildman–Crippen MR) is 92.7 cm³/mol. The standard InChI is InChI=1S/C20H20N2O/c1-14(18-11-10-15-6-2-4-8-19(15)22-18)21-13-17-12-16-7-3-5-9-20(16)23-17/h2-11,14,17,21H,12-13H2,1H3/t14-,17+/m0/s1. The largest absolute Gasteiger partial charge is 0.488 e. The number of hydrogen-bond donors (Lipinski definition) is 1. The predicted octanol–water partition coefficient (Wildman–Crippen LogP) is 3.89. The van der Waals surface area contributed by atoms with Gasteiger partial charge in [0.2, 0.25) is 0 Å². The minimum atomic E-state index is 0.201. The lowest BCUT2D eigenvalue weighted by molar-refractivity contribution is 0.222. The van der Waals surface area contributed by atoms with Gasteiger partial charge in [0.25, 0.3) is 0 Å². The van der Waals surface area contributed by atoms with Crippen molar-refractivity contribution in [1.82, 2.24) is 10.3 Å². The average molecular weight is 304 g/mol. The van der Waals surface area contributed by atoms with Crippen molar-refractivity contribution in [2.24, 2.45) is 0 Å². The maximum Gasteiger partial charge on any atom is 0.123 e. The highest BCUT2D eigenvalue weighted by atomic mass is 16.5. The summed E-state index contributed by atoms with van der Waals surface area (Å²) in [7, 11) is 0. The maximum atomic E-state index is 5.98. The Hall–Kier alpha value is -2.39. The summed E-state index contributed by atoms with van der Waals surface area (Å²) in [6.45, 7) is 2.98. The van der Waals surface area contributed by atoms with Crippen LogP contribution in [0.4, 0.5) is 0 Å². The van der Waals surface area contributed by atoms with Crippen molar-refractivity contribution in [3.8, 4) is 5.75 Å². The van der Waals surface area contributed by atoms with E-state index in [0.29, 0.717) is 0 Å². The molecule has 116 valence electrons. The SMILES string of the molecule is C[C@H](NC[C@H]1Cc2ccccc2O1)c1ccc2ccccc2n1. The lowest BCUT2D eigenvalue weighted by Gasteiger charge is -2.17. The van der Waals surface area contributed by atoms with Crippen LogP contribution < -0.4 is 10.1 Å². The van der Waals surface area contributed by atoms with Gasteiger partial charge in [-0.25, -0.2) is 0 Å². The summed E-state index contributed by atoms with van der Waals surface area (Å²) in [5, 5.41) is 4.73. The van der Waals surface area contributed by atoms with Gasteiger partial charge in [0, 0.05) is 24.4 Å². The second-order valence-corrected chi connectivity index (χ2v) is 6.11. The number of hydrogen-bond acceptors (Lipinski definition) is 3. The highest BCUT2D eigenvalue weighted by Crippen LogP contribution is 2.28. The summed E-state index contributed by atoms with van der Waals surface area (Å²) in [4.78, 5) is 4.76. The first-order valence-corrected chi connectivity index (χ1v) is 8.13. The molecule has 23 heavy (non-hydrogen) atoms. The summed E-state index contributed by atoms with van der Waals surface area (Å²) in [6, 6.07) is 20.9. The molecule has 0 saturated heterocycles. The van der Waals surface area contributed by atoms with Crippen LogP contribution in [0.5, 0.6) is 5.75 Å². The fourth-order valence-electron chi connectivity index (χ4n) is 3.10. The molecule has 4 rings (SSSR count). The summed E-state index contributed by atoms with van der Waals surface area (Å²) < 4.78 is 5.98. The molecule has 0 aliphatic carbocycles. The van der Waals surface area contributed by atoms with Gasteiger partial charge >= 0.3 is 0 Å². The molecule has 0 saturated carbocycles. The monoisotopic (exact) mass is 304 g/mol. The van der Waals surface area contributed by atoms with Gasteiger partial charge in [-0.05, 0) is 30.7 Å². The van der Waals surface area contributed by atoms with Crippen LogP contribution in [-0.2, 0) is 6.42 Å². The maximum absolute atomic E-state index is 5.98. The third-order valence-electron chi connectivity index (χ3n) is 4.43. The number of benzene rings is 2. The van der Waals surface area contributed by atoms with E-state index in [1.54, 1.807) is 0 Å². The first-order valence-electron chi connectivity index (χ1n) is 8.13. The number of fused-ring (bicyclic) bond motifs is 2. The summed E-state index contributed by atoms with van der Waals surface area (Å²) >= 11 is 0. The molecular weight excluding hydrogens is 284 g/mol. The molecule has 2 heterocycles. The number of pyridine rings is 1. The molecule has 0 amide bonds. The Morgan fingerprint density at radius 3 is 2.83 bits per heavy atom. The Morgan fingerprint density at radius 1 is 1.09 bits per heavy atom. The minimum Gasteiger partial charge on any atom is -0.488 e. The molecule has 1 aliphatic rings. The van der Waals surface area contributed by atoms with Gasteiger partial charge in [-0.1, -0.05) is 42.5 Å². The Kier molecular flexibility index (Phi) is 3.72. The number of nitrogens with one attached hydrogen (secondary N) is 1. The van der Waals surface area contributed by atoms with Crippen molar-refractivity contribution in [3.05, 3.63) is 71.9 Å². The van der Waals surface area contributed by atoms with E-state index in [1.165, 1.54) is 10.9 Å². The average Bonchev–Trinajstić information content (AvgIpc) is 3.02. The number of para-hydroxylation sites is 2. The van der Waals surface area contributed by atoms with Gasteiger partial charge in [0.15, 0.2) is 0 Å². The molecule has 2 aromatic carbocycles. The minimum absolute atomic E-state index is 0.201. The van der Waals surface area contributed by atoms with Gasteiger partial charge in [0.1, 0.15) is 11.9 Å². The summed E-state index contributed by atoms with van der Waals surface area (Å²) in [5.41, 5.74) is 3.41. The quantitative estimate of drug-likeness (QED) is 0.794. The van der Waals surface area contributed by atoms with E-state index in [9.17, 15) is 0 Å². The van der Waals surface area contributed by atoms with Crippen molar-refractivity contribution in [2.45, 2.75) is 25.5 Å². The van der Waals surface area contributed by atoms with Crippen LogP contribution in [0.25, 0.3) is 10.9 Å². The molecule has 0 spiro atoms. The second kappa shape index (κ2) is 6.01. The number of ether oxygens (including phenoxy) is 1. The number of aromatic nitrogens is 1. The molecule has 0 unspecified atom stereocenters. The van der Waals surface area contributed by atoms with Crippen LogP contribution >= 0.6 is 0 Å². The van der Waals surface area contributed by atoms with Crippen LogP contribution in [-0.4, -0.2) is 17.6 Å².